The Bertz CT molecular complexity index is 565. The maximum atomic E-state index is 11.8. The van der Waals surface area contributed by atoms with E-state index in [9.17, 15) is 8.42 Å². The highest BCUT2D eigenvalue weighted by molar-refractivity contribution is 7.92. The molecule has 7 heteroatoms. The zero-order valence-electron chi connectivity index (χ0n) is 8.80. The summed E-state index contributed by atoms with van der Waals surface area (Å²) in [6, 6.07) is 0. The molecule has 2 aromatic heterocycles. The van der Waals surface area contributed by atoms with Crippen LogP contribution in [-0.2, 0) is 15.6 Å². The summed E-state index contributed by atoms with van der Waals surface area (Å²) in [6.07, 6.45) is 1.46. The van der Waals surface area contributed by atoms with Gasteiger partial charge in [0.05, 0.1) is 5.69 Å². The molecule has 0 atom stereocenters. The summed E-state index contributed by atoms with van der Waals surface area (Å²) in [4.78, 5) is 7.81. The van der Waals surface area contributed by atoms with Gasteiger partial charge in [-0.1, -0.05) is 0 Å². The van der Waals surface area contributed by atoms with Crippen molar-refractivity contribution in [3.8, 4) is 0 Å². The first kappa shape index (κ1) is 11.3. The van der Waals surface area contributed by atoms with Crippen LogP contribution in [0.15, 0.2) is 20.3 Å². The van der Waals surface area contributed by atoms with E-state index in [1.165, 1.54) is 6.20 Å². The van der Waals surface area contributed by atoms with Gasteiger partial charge in [-0.3, -0.25) is 0 Å². The minimum Gasteiger partial charge on any atom is -0.445 e. The van der Waals surface area contributed by atoms with E-state index in [0.29, 0.717) is 11.5 Å². The average Bonchev–Trinajstić information content (AvgIpc) is 2.77. The van der Waals surface area contributed by atoms with E-state index >= 15 is 0 Å². The Balaban J connectivity index is 2.28. The molecule has 16 heavy (non-hydrogen) atoms. The summed E-state index contributed by atoms with van der Waals surface area (Å²) in [5.41, 5.74) is 0.712. The van der Waals surface area contributed by atoms with Crippen LogP contribution in [0.1, 0.15) is 17.3 Å². The van der Waals surface area contributed by atoms with Crippen LogP contribution >= 0.6 is 11.3 Å². The highest BCUT2D eigenvalue weighted by Crippen LogP contribution is 2.19. The fraction of sp³-hybridized carbons (Fsp3) is 0.333. The van der Waals surface area contributed by atoms with Crippen LogP contribution in [0.2, 0.25) is 0 Å². The van der Waals surface area contributed by atoms with E-state index in [1.54, 1.807) is 19.2 Å². The molecule has 0 saturated heterocycles. The number of hydrogen-bond donors (Lipinski definition) is 0. The Morgan fingerprint density at radius 1 is 1.44 bits per heavy atom. The second-order valence-electron chi connectivity index (χ2n) is 3.31. The lowest BCUT2D eigenvalue weighted by Crippen LogP contribution is -2.04. The number of sulfone groups is 1. The first-order valence-electron chi connectivity index (χ1n) is 4.54. The standard InChI is InChI=1S/C9H10N2O3S2/c1-6-7(2)14-8(11-6)5-16(12,13)9-10-3-4-15-9/h3-4H,5H2,1-2H3. The van der Waals surface area contributed by atoms with Gasteiger partial charge in [0.25, 0.3) is 0 Å². The van der Waals surface area contributed by atoms with Crippen LogP contribution in [0, 0.1) is 13.8 Å². The molecule has 0 amide bonds. The van der Waals surface area contributed by atoms with Crippen LogP contribution in [-0.4, -0.2) is 18.4 Å². The smallest absolute Gasteiger partial charge is 0.214 e. The first-order valence-corrected chi connectivity index (χ1v) is 7.07. The summed E-state index contributed by atoms with van der Waals surface area (Å²) in [5.74, 6) is 0.615. The molecular weight excluding hydrogens is 248 g/mol. The largest absolute Gasteiger partial charge is 0.445 e. The van der Waals surface area contributed by atoms with Crippen LogP contribution in [0.5, 0.6) is 0 Å². The van der Waals surface area contributed by atoms with Crippen molar-refractivity contribution < 1.29 is 12.8 Å². The molecule has 0 N–H and O–H groups in total. The Hall–Kier alpha value is -1.21. The van der Waals surface area contributed by atoms with Gasteiger partial charge >= 0.3 is 0 Å². The van der Waals surface area contributed by atoms with Gasteiger partial charge in [0, 0.05) is 11.6 Å². The number of thiazole rings is 1. The normalized spacial score (nSPS) is 11.9. The highest BCUT2D eigenvalue weighted by Gasteiger charge is 2.21. The minimum atomic E-state index is -3.42. The Morgan fingerprint density at radius 3 is 2.69 bits per heavy atom. The van der Waals surface area contributed by atoms with Crippen molar-refractivity contribution in [1.82, 2.24) is 9.97 Å². The summed E-state index contributed by atoms with van der Waals surface area (Å²) in [7, 11) is -3.42. The summed E-state index contributed by atoms with van der Waals surface area (Å²) < 4.78 is 29.0. The maximum Gasteiger partial charge on any atom is 0.214 e. The van der Waals surface area contributed by atoms with E-state index < -0.39 is 9.84 Å². The molecule has 2 heterocycles. The molecule has 0 bridgehead atoms. The molecule has 0 unspecified atom stereocenters. The third kappa shape index (κ3) is 2.14. The third-order valence-corrected chi connectivity index (χ3v) is 4.94. The van der Waals surface area contributed by atoms with Crippen molar-refractivity contribution in [3.63, 3.8) is 0 Å². The average molecular weight is 258 g/mol. The van der Waals surface area contributed by atoms with E-state index in [0.717, 1.165) is 11.3 Å². The lowest BCUT2D eigenvalue weighted by molar-refractivity contribution is 0.483. The van der Waals surface area contributed by atoms with Crippen molar-refractivity contribution in [3.05, 3.63) is 28.9 Å². The quantitative estimate of drug-likeness (QED) is 0.838. The van der Waals surface area contributed by atoms with Crippen LogP contribution in [0.25, 0.3) is 0 Å². The van der Waals surface area contributed by atoms with Gasteiger partial charge in [-0.25, -0.2) is 18.4 Å². The second kappa shape index (κ2) is 3.99. The van der Waals surface area contributed by atoms with Gasteiger partial charge in [-0.2, -0.15) is 0 Å². The second-order valence-corrected chi connectivity index (χ2v) is 6.36. The molecule has 0 saturated carbocycles. The lowest BCUT2D eigenvalue weighted by Gasteiger charge is -1.95. The van der Waals surface area contributed by atoms with Gasteiger partial charge in [0.1, 0.15) is 11.5 Å². The molecule has 2 aromatic rings. The Morgan fingerprint density at radius 2 is 2.19 bits per heavy atom. The molecule has 2 rings (SSSR count). The Labute approximate surface area is 97.1 Å². The molecule has 0 fully saturated rings. The molecule has 86 valence electrons. The number of oxazole rings is 1. The fourth-order valence-corrected chi connectivity index (χ4v) is 3.27. The Kier molecular flexibility index (Phi) is 2.81. The zero-order chi connectivity index (χ0) is 11.8. The topological polar surface area (TPSA) is 73.1 Å². The molecule has 0 aromatic carbocycles. The zero-order valence-corrected chi connectivity index (χ0v) is 10.4. The summed E-state index contributed by atoms with van der Waals surface area (Å²) >= 11 is 1.09. The van der Waals surface area contributed by atoms with E-state index in [4.69, 9.17) is 4.42 Å². The summed E-state index contributed by atoms with van der Waals surface area (Å²) in [6.45, 7) is 3.53. The first-order chi connectivity index (χ1) is 7.49. The van der Waals surface area contributed by atoms with Crippen molar-refractivity contribution in [2.45, 2.75) is 23.9 Å². The van der Waals surface area contributed by atoms with E-state index in [1.807, 2.05) is 0 Å². The molecular formula is C9H10N2O3S2. The van der Waals surface area contributed by atoms with Crippen molar-refractivity contribution in [2.24, 2.45) is 0 Å². The SMILES string of the molecule is Cc1nc(CS(=O)(=O)c2nccs2)oc1C. The molecule has 0 radical (unpaired) electrons. The van der Waals surface area contributed by atoms with E-state index in [-0.39, 0.29) is 16.0 Å². The monoisotopic (exact) mass is 258 g/mol. The fourth-order valence-electron chi connectivity index (χ4n) is 1.19. The summed E-state index contributed by atoms with van der Waals surface area (Å²) in [5, 5.41) is 1.62. The number of aromatic nitrogens is 2. The van der Waals surface area contributed by atoms with E-state index in [2.05, 4.69) is 9.97 Å². The van der Waals surface area contributed by atoms with Crippen molar-refractivity contribution in [1.29, 1.82) is 0 Å². The van der Waals surface area contributed by atoms with Crippen LogP contribution in [0.3, 0.4) is 0 Å². The molecule has 0 aliphatic heterocycles. The molecule has 5 nitrogen and oxygen atoms in total. The van der Waals surface area contributed by atoms with Crippen molar-refractivity contribution in [2.75, 3.05) is 0 Å². The maximum absolute atomic E-state index is 11.8. The molecule has 0 aliphatic carbocycles. The molecule has 0 spiro atoms. The van der Waals surface area contributed by atoms with Gasteiger partial charge in [0.2, 0.25) is 20.1 Å². The van der Waals surface area contributed by atoms with Gasteiger partial charge in [-0.15, -0.1) is 11.3 Å². The lowest BCUT2D eigenvalue weighted by atomic mass is 10.4. The molecule has 0 aliphatic rings. The highest BCUT2D eigenvalue weighted by atomic mass is 32.2. The van der Waals surface area contributed by atoms with Crippen LogP contribution < -0.4 is 0 Å². The number of aryl methyl sites for hydroxylation is 2. The number of hydrogen-bond acceptors (Lipinski definition) is 6. The minimum absolute atomic E-state index is 0.0982. The van der Waals surface area contributed by atoms with Gasteiger partial charge < -0.3 is 4.42 Å². The van der Waals surface area contributed by atoms with Crippen molar-refractivity contribution >= 4 is 21.2 Å². The van der Waals surface area contributed by atoms with Gasteiger partial charge in [-0.05, 0) is 13.8 Å². The predicted molar refractivity (Wildman–Crippen MR) is 59.0 cm³/mol. The number of nitrogens with zero attached hydrogens (tertiary/aromatic N) is 2. The number of rotatable bonds is 3. The predicted octanol–water partition coefficient (Wildman–Crippen LogP) is 1.72. The van der Waals surface area contributed by atoms with Crippen LogP contribution in [0.4, 0.5) is 0 Å². The third-order valence-electron chi connectivity index (χ3n) is 2.06. The van der Waals surface area contributed by atoms with Gasteiger partial charge in [0.15, 0.2) is 0 Å².